The third-order valence-electron chi connectivity index (χ3n) is 6.41. The fourth-order valence-corrected chi connectivity index (χ4v) is 4.57. The maximum absolute atomic E-state index is 13.1. The molecule has 7 nitrogen and oxygen atoms in total. The number of furan rings is 1. The molecule has 6 rings (SSSR count). The van der Waals surface area contributed by atoms with Gasteiger partial charge in [0.15, 0.2) is 5.58 Å². The summed E-state index contributed by atoms with van der Waals surface area (Å²) in [5.74, 6) is 0.494. The second kappa shape index (κ2) is 9.71. The minimum atomic E-state index is -0.182. The summed E-state index contributed by atoms with van der Waals surface area (Å²) >= 11 is 0. The van der Waals surface area contributed by atoms with Crippen LogP contribution < -0.4 is 15.1 Å². The third kappa shape index (κ3) is 4.30. The molecule has 0 aliphatic carbocycles. The predicted octanol–water partition coefficient (Wildman–Crippen LogP) is 7.16. The number of fused-ring (bicyclic) bond motifs is 3. The van der Waals surface area contributed by atoms with Crippen molar-refractivity contribution in [2.24, 2.45) is 0 Å². The van der Waals surface area contributed by atoms with E-state index in [2.05, 4.69) is 27.4 Å². The van der Waals surface area contributed by atoms with Crippen molar-refractivity contribution < 1.29 is 9.21 Å². The number of aromatic nitrogens is 2. The zero-order chi connectivity index (χ0) is 26.1. The lowest BCUT2D eigenvalue weighted by Gasteiger charge is -2.24. The average molecular weight is 500 g/mol. The zero-order valence-corrected chi connectivity index (χ0v) is 21.0. The largest absolute Gasteiger partial charge is 0.454 e. The number of para-hydroxylation sites is 2. The SMILES string of the molecule is CN(C)c1cccc(C(=O)Nc2cccc(N(c3ccncn3)c3cccc4c3oc3ccccc34)c2)c1. The Balaban J connectivity index is 1.43. The summed E-state index contributed by atoms with van der Waals surface area (Å²) in [7, 11) is 3.90. The molecule has 2 heterocycles. The van der Waals surface area contributed by atoms with Crippen molar-refractivity contribution in [1.29, 1.82) is 0 Å². The first-order chi connectivity index (χ1) is 18.6. The summed E-state index contributed by atoms with van der Waals surface area (Å²) in [6.45, 7) is 0. The Morgan fingerprint density at radius 2 is 1.61 bits per heavy atom. The van der Waals surface area contributed by atoms with Gasteiger partial charge in [-0.1, -0.05) is 42.5 Å². The first-order valence-electron chi connectivity index (χ1n) is 12.2. The highest BCUT2D eigenvalue weighted by molar-refractivity contribution is 6.10. The van der Waals surface area contributed by atoms with Crippen LogP contribution in [0.1, 0.15) is 10.4 Å². The van der Waals surface area contributed by atoms with Crippen LogP contribution in [0.2, 0.25) is 0 Å². The lowest BCUT2D eigenvalue weighted by molar-refractivity contribution is 0.102. The normalized spacial score (nSPS) is 11.0. The van der Waals surface area contributed by atoms with Gasteiger partial charge >= 0.3 is 0 Å². The van der Waals surface area contributed by atoms with Gasteiger partial charge in [0.05, 0.1) is 5.69 Å². The fraction of sp³-hybridized carbons (Fsp3) is 0.0645. The van der Waals surface area contributed by atoms with Crippen LogP contribution in [0, 0.1) is 0 Å². The second-order valence-corrected chi connectivity index (χ2v) is 9.10. The van der Waals surface area contributed by atoms with Crippen molar-refractivity contribution in [2.45, 2.75) is 0 Å². The van der Waals surface area contributed by atoms with Crippen LogP contribution in [0.15, 0.2) is 114 Å². The Hall–Kier alpha value is -5.17. The molecule has 4 aromatic carbocycles. The predicted molar refractivity (Wildman–Crippen MR) is 153 cm³/mol. The van der Waals surface area contributed by atoms with E-state index in [0.717, 1.165) is 39.0 Å². The van der Waals surface area contributed by atoms with Crippen molar-refractivity contribution in [1.82, 2.24) is 9.97 Å². The Labute approximate surface area is 220 Å². The van der Waals surface area contributed by atoms with Crippen molar-refractivity contribution in [2.75, 3.05) is 29.2 Å². The molecule has 6 aromatic rings. The molecule has 0 atom stereocenters. The molecule has 1 N–H and O–H groups in total. The van der Waals surface area contributed by atoms with E-state index in [4.69, 9.17) is 4.42 Å². The highest BCUT2D eigenvalue weighted by atomic mass is 16.3. The van der Waals surface area contributed by atoms with Gasteiger partial charge in [-0.15, -0.1) is 0 Å². The second-order valence-electron chi connectivity index (χ2n) is 9.10. The lowest BCUT2D eigenvalue weighted by atomic mass is 10.1. The number of nitrogens with zero attached hydrogens (tertiary/aromatic N) is 4. The number of rotatable bonds is 6. The molecule has 0 spiro atoms. The maximum Gasteiger partial charge on any atom is 0.255 e. The summed E-state index contributed by atoms with van der Waals surface area (Å²) < 4.78 is 6.33. The third-order valence-corrected chi connectivity index (χ3v) is 6.41. The first kappa shape index (κ1) is 23.2. The molecule has 0 aliphatic heterocycles. The lowest BCUT2D eigenvalue weighted by Crippen LogP contribution is -2.15. The van der Waals surface area contributed by atoms with Gasteiger partial charge in [-0.3, -0.25) is 9.69 Å². The number of anilines is 5. The highest BCUT2D eigenvalue weighted by Gasteiger charge is 2.20. The van der Waals surface area contributed by atoms with Crippen LogP contribution >= 0.6 is 0 Å². The van der Waals surface area contributed by atoms with E-state index in [1.807, 2.05) is 109 Å². The summed E-state index contributed by atoms with van der Waals surface area (Å²) in [6.07, 6.45) is 3.22. The van der Waals surface area contributed by atoms with Gasteiger partial charge in [0.25, 0.3) is 5.91 Å². The molecule has 186 valence electrons. The summed E-state index contributed by atoms with van der Waals surface area (Å²) in [5, 5.41) is 5.11. The molecule has 1 amide bonds. The molecule has 2 aromatic heterocycles. The van der Waals surface area contributed by atoms with Crippen molar-refractivity contribution in [3.05, 3.63) is 115 Å². The number of benzene rings is 4. The van der Waals surface area contributed by atoms with E-state index in [1.54, 1.807) is 6.20 Å². The van der Waals surface area contributed by atoms with E-state index in [0.29, 0.717) is 17.1 Å². The molecule has 38 heavy (non-hydrogen) atoms. The number of amides is 1. The summed E-state index contributed by atoms with van der Waals surface area (Å²) in [4.78, 5) is 25.7. The van der Waals surface area contributed by atoms with Crippen LogP contribution in [-0.2, 0) is 0 Å². The topological polar surface area (TPSA) is 74.5 Å². The quantitative estimate of drug-likeness (QED) is 0.262. The number of carbonyl (C=O) groups is 1. The summed E-state index contributed by atoms with van der Waals surface area (Å²) in [6, 6.07) is 31.1. The van der Waals surface area contributed by atoms with Crippen LogP contribution in [0.5, 0.6) is 0 Å². The van der Waals surface area contributed by atoms with E-state index in [-0.39, 0.29) is 5.91 Å². The minimum absolute atomic E-state index is 0.182. The van der Waals surface area contributed by atoms with Crippen molar-refractivity contribution >= 4 is 56.4 Å². The number of hydrogen-bond acceptors (Lipinski definition) is 6. The smallest absolute Gasteiger partial charge is 0.255 e. The van der Waals surface area contributed by atoms with Gasteiger partial charge in [0, 0.05) is 53.7 Å². The molecule has 7 heteroatoms. The average Bonchev–Trinajstić information content (AvgIpc) is 3.34. The molecule has 0 radical (unpaired) electrons. The van der Waals surface area contributed by atoms with Gasteiger partial charge < -0.3 is 14.6 Å². The minimum Gasteiger partial charge on any atom is -0.454 e. The van der Waals surface area contributed by atoms with Gasteiger partial charge in [-0.2, -0.15) is 0 Å². The highest BCUT2D eigenvalue weighted by Crippen LogP contribution is 2.41. The molecule has 0 unspecified atom stereocenters. The standard InChI is InChI=1S/C31H25N5O2/c1-35(2)23-10-5-8-21(18-23)31(37)34-22-9-6-11-24(19-22)36(29-16-17-32-20-33-29)27-14-7-13-26-25-12-3-4-15-28(25)38-30(26)27/h3-20H,1-2H3,(H,34,37). The molecule has 0 fully saturated rings. The molecule has 0 saturated carbocycles. The van der Waals surface area contributed by atoms with E-state index >= 15 is 0 Å². The monoisotopic (exact) mass is 499 g/mol. The molecule has 0 saturated heterocycles. The molecule has 0 bridgehead atoms. The number of nitrogens with one attached hydrogen (secondary N) is 1. The van der Waals surface area contributed by atoms with Crippen LogP contribution in [-0.4, -0.2) is 30.0 Å². The number of hydrogen-bond donors (Lipinski definition) is 1. The van der Waals surface area contributed by atoms with Crippen molar-refractivity contribution in [3.63, 3.8) is 0 Å². The van der Waals surface area contributed by atoms with E-state index < -0.39 is 0 Å². The van der Waals surface area contributed by atoms with Crippen LogP contribution in [0.4, 0.5) is 28.6 Å². The maximum atomic E-state index is 13.1. The molecule has 0 aliphatic rings. The van der Waals surface area contributed by atoms with E-state index in [9.17, 15) is 4.79 Å². The van der Waals surface area contributed by atoms with E-state index in [1.165, 1.54) is 6.33 Å². The van der Waals surface area contributed by atoms with Gasteiger partial charge in [-0.05, 0) is 54.6 Å². The Bertz CT molecular complexity index is 1760. The fourth-order valence-electron chi connectivity index (χ4n) is 4.57. The molecular weight excluding hydrogens is 474 g/mol. The molecular formula is C31H25N5O2. The van der Waals surface area contributed by atoms with Crippen LogP contribution in [0.3, 0.4) is 0 Å². The van der Waals surface area contributed by atoms with Gasteiger partial charge in [0.1, 0.15) is 17.7 Å². The number of carbonyl (C=O) groups excluding carboxylic acids is 1. The zero-order valence-electron chi connectivity index (χ0n) is 21.0. The summed E-state index contributed by atoms with van der Waals surface area (Å²) in [5.41, 5.74) is 5.43. The Morgan fingerprint density at radius 1 is 0.816 bits per heavy atom. The van der Waals surface area contributed by atoms with Gasteiger partial charge in [0.2, 0.25) is 0 Å². The first-order valence-corrected chi connectivity index (χ1v) is 12.2. The Morgan fingerprint density at radius 3 is 2.45 bits per heavy atom. The van der Waals surface area contributed by atoms with Crippen molar-refractivity contribution in [3.8, 4) is 0 Å². The Kier molecular flexibility index (Phi) is 5.94. The van der Waals surface area contributed by atoms with Crippen LogP contribution in [0.25, 0.3) is 21.9 Å². The van der Waals surface area contributed by atoms with Gasteiger partial charge in [-0.25, -0.2) is 9.97 Å².